The number of aromatic nitrogens is 1. The number of morpholine rings is 1. The van der Waals surface area contributed by atoms with Crippen molar-refractivity contribution in [1.82, 2.24) is 4.57 Å². The van der Waals surface area contributed by atoms with E-state index in [1.54, 1.807) is 0 Å². The van der Waals surface area contributed by atoms with Gasteiger partial charge in [0.2, 0.25) is 0 Å². The van der Waals surface area contributed by atoms with Gasteiger partial charge in [0.05, 0.1) is 30.0 Å². The first-order valence-electron chi connectivity index (χ1n) is 9.62. The fourth-order valence-electron chi connectivity index (χ4n) is 4.37. The average Bonchev–Trinajstić information content (AvgIpc) is 3.07. The number of ether oxygens (including phenoxy) is 1. The molecule has 4 nitrogen and oxygen atoms in total. The number of nitriles is 1. The predicted molar refractivity (Wildman–Crippen MR) is 114 cm³/mol. The van der Waals surface area contributed by atoms with Gasteiger partial charge in [-0.15, -0.1) is 0 Å². The predicted octanol–water partition coefficient (Wildman–Crippen LogP) is 4.71. The molecule has 0 radical (unpaired) electrons. The minimum atomic E-state index is 0.694. The quantitative estimate of drug-likeness (QED) is 0.515. The topological polar surface area (TPSA) is 41.2 Å². The highest BCUT2D eigenvalue weighted by atomic mass is 16.5. The maximum Gasteiger partial charge on any atom is 0.102 e. The first-order valence-corrected chi connectivity index (χ1v) is 9.62. The Hall–Kier alpha value is -3.29. The van der Waals surface area contributed by atoms with Crippen LogP contribution in [0.15, 0.2) is 60.7 Å². The van der Waals surface area contributed by atoms with Gasteiger partial charge in [-0.05, 0) is 17.7 Å². The summed E-state index contributed by atoms with van der Waals surface area (Å²) in [5.74, 6) is 0. The molecule has 4 aromatic rings. The molecule has 3 aromatic carbocycles. The zero-order chi connectivity index (χ0) is 19.1. The van der Waals surface area contributed by atoms with Gasteiger partial charge in [-0.3, -0.25) is 0 Å². The molecule has 0 amide bonds. The molecular weight excluding hydrogens is 346 g/mol. The Kier molecular flexibility index (Phi) is 4.03. The van der Waals surface area contributed by atoms with Gasteiger partial charge < -0.3 is 14.2 Å². The number of hydrogen-bond donors (Lipinski definition) is 0. The number of aryl methyl sites for hydroxylation is 1. The lowest BCUT2D eigenvalue weighted by molar-refractivity contribution is 0.122. The van der Waals surface area contributed by atoms with Gasteiger partial charge >= 0.3 is 0 Å². The highest BCUT2D eigenvalue weighted by molar-refractivity contribution is 6.17. The minimum Gasteiger partial charge on any atom is -0.378 e. The maximum atomic E-state index is 10.2. The second kappa shape index (κ2) is 6.70. The zero-order valence-electron chi connectivity index (χ0n) is 15.9. The smallest absolute Gasteiger partial charge is 0.102 e. The highest BCUT2D eigenvalue weighted by Gasteiger charge is 2.23. The maximum absolute atomic E-state index is 10.2. The van der Waals surface area contributed by atoms with Gasteiger partial charge in [0.1, 0.15) is 6.07 Å². The molecule has 1 aliphatic heterocycles. The number of nitrogens with zero attached hydrogens (tertiary/aromatic N) is 3. The van der Waals surface area contributed by atoms with Gasteiger partial charge in [0, 0.05) is 42.0 Å². The van der Waals surface area contributed by atoms with E-state index >= 15 is 0 Å². The van der Waals surface area contributed by atoms with Gasteiger partial charge in [0.15, 0.2) is 0 Å². The lowest BCUT2D eigenvalue weighted by Gasteiger charge is -2.30. The van der Waals surface area contributed by atoms with Crippen LogP contribution in [-0.2, 0) is 11.8 Å². The number of hydrogen-bond acceptors (Lipinski definition) is 3. The number of benzene rings is 3. The van der Waals surface area contributed by atoms with E-state index in [1.165, 1.54) is 0 Å². The van der Waals surface area contributed by atoms with Gasteiger partial charge in [-0.1, -0.05) is 48.5 Å². The Bertz CT molecular complexity index is 1210. The lowest BCUT2D eigenvalue weighted by atomic mass is 9.96. The summed E-state index contributed by atoms with van der Waals surface area (Å²) in [6.07, 6.45) is 0. The third-order valence-corrected chi connectivity index (χ3v) is 5.70. The van der Waals surface area contributed by atoms with E-state index in [1.807, 2.05) is 12.1 Å². The monoisotopic (exact) mass is 367 g/mol. The fourth-order valence-corrected chi connectivity index (χ4v) is 4.37. The van der Waals surface area contributed by atoms with Crippen LogP contribution in [0.25, 0.3) is 32.9 Å². The molecule has 1 aromatic heterocycles. The summed E-state index contributed by atoms with van der Waals surface area (Å²) in [4.78, 5) is 2.29. The van der Waals surface area contributed by atoms with Crippen molar-refractivity contribution in [3.05, 3.63) is 66.2 Å². The van der Waals surface area contributed by atoms with Crippen LogP contribution < -0.4 is 4.90 Å². The summed E-state index contributed by atoms with van der Waals surface area (Å²) in [5.41, 5.74) is 6.35. The summed E-state index contributed by atoms with van der Waals surface area (Å²) in [6.45, 7) is 3.00. The van der Waals surface area contributed by atoms with Crippen molar-refractivity contribution in [3.63, 3.8) is 0 Å². The number of fused-ring (bicyclic) bond motifs is 3. The molecule has 0 aliphatic carbocycles. The molecule has 0 spiro atoms. The summed E-state index contributed by atoms with van der Waals surface area (Å²) in [5, 5.41) is 12.3. The van der Waals surface area contributed by atoms with Gasteiger partial charge in [0.25, 0.3) is 0 Å². The third-order valence-electron chi connectivity index (χ3n) is 5.70. The normalized spacial score (nSPS) is 14.5. The number of para-hydroxylation sites is 1. The molecule has 0 unspecified atom stereocenters. The van der Waals surface area contributed by atoms with Crippen LogP contribution in [0.1, 0.15) is 5.56 Å². The van der Waals surface area contributed by atoms with Crippen molar-refractivity contribution in [1.29, 1.82) is 5.26 Å². The van der Waals surface area contributed by atoms with Crippen LogP contribution in [0.3, 0.4) is 0 Å². The minimum absolute atomic E-state index is 0.694. The van der Waals surface area contributed by atoms with Crippen molar-refractivity contribution in [2.45, 2.75) is 0 Å². The second-order valence-corrected chi connectivity index (χ2v) is 7.20. The Morgan fingerprint density at radius 2 is 1.68 bits per heavy atom. The first kappa shape index (κ1) is 16.9. The van der Waals surface area contributed by atoms with Gasteiger partial charge in [-0.25, -0.2) is 0 Å². The Labute approximate surface area is 164 Å². The van der Waals surface area contributed by atoms with E-state index in [9.17, 15) is 5.26 Å². The van der Waals surface area contributed by atoms with Crippen LogP contribution in [-0.4, -0.2) is 30.9 Å². The molecule has 0 N–H and O–H groups in total. The molecule has 0 saturated carbocycles. The molecular formula is C24H21N3O. The molecule has 28 heavy (non-hydrogen) atoms. The summed E-state index contributed by atoms with van der Waals surface area (Å²) in [6, 6.07) is 23.5. The molecule has 138 valence electrons. The molecule has 2 heterocycles. The summed E-state index contributed by atoms with van der Waals surface area (Å²) in [7, 11) is 2.09. The molecule has 0 atom stereocenters. The van der Waals surface area contributed by atoms with Crippen molar-refractivity contribution in [3.8, 4) is 17.2 Å². The molecule has 1 fully saturated rings. The molecule has 4 heteroatoms. The summed E-state index contributed by atoms with van der Waals surface area (Å²) >= 11 is 0. The van der Waals surface area contributed by atoms with Crippen LogP contribution >= 0.6 is 0 Å². The largest absolute Gasteiger partial charge is 0.378 e. The number of anilines is 1. The highest BCUT2D eigenvalue weighted by Crippen LogP contribution is 2.42. The Morgan fingerprint density at radius 3 is 2.43 bits per heavy atom. The third kappa shape index (κ3) is 2.48. The fraction of sp³-hybridized carbons (Fsp3) is 0.208. The van der Waals surface area contributed by atoms with E-state index in [4.69, 9.17) is 4.74 Å². The van der Waals surface area contributed by atoms with E-state index in [0.717, 1.165) is 57.3 Å². The van der Waals surface area contributed by atoms with Crippen LogP contribution in [0.4, 0.5) is 5.69 Å². The molecule has 0 bridgehead atoms. The number of rotatable bonds is 2. The molecule has 5 rings (SSSR count). The Morgan fingerprint density at radius 1 is 0.964 bits per heavy atom. The average molecular weight is 367 g/mol. The van der Waals surface area contributed by atoms with Crippen LogP contribution in [0, 0.1) is 11.3 Å². The molecule has 1 aliphatic rings. The van der Waals surface area contributed by atoms with E-state index in [0.29, 0.717) is 13.2 Å². The van der Waals surface area contributed by atoms with Crippen molar-refractivity contribution in [2.24, 2.45) is 7.05 Å². The van der Waals surface area contributed by atoms with E-state index < -0.39 is 0 Å². The van der Waals surface area contributed by atoms with Crippen LogP contribution in [0.2, 0.25) is 0 Å². The van der Waals surface area contributed by atoms with E-state index in [2.05, 4.69) is 71.1 Å². The van der Waals surface area contributed by atoms with Gasteiger partial charge in [-0.2, -0.15) is 5.26 Å². The zero-order valence-corrected chi connectivity index (χ0v) is 15.9. The summed E-state index contributed by atoms with van der Waals surface area (Å²) < 4.78 is 7.76. The van der Waals surface area contributed by atoms with E-state index in [-0.39, 0.29) is 0 Å². The second-order valence-electron chi connectivity index (χ2n) is 7.20. The Balaban J connectivity index is 1.94. The van der Waals surface area contributed by atoms with Crippen molar-refractivity contribution < 1.29 is 4.74 Å². The first-order chi connectivity index (χ1) is 13.8. The van der Waals surface area contributed by atoms with Crippen molar-refractivity contribution in [2.75, 3.05) is 31.2 Å². The SMILES string of the molecule is Cn1c2ccccc2c2c(C#N)c(N3CCOCC3)cc(-c3ccccc3)c21. The lowest BCUT2D eigenvalue weighted by Crippen LogP contribution is -2.36. The van der Waals surface area contributed by atoms with Crippen LogP contribution in [0.5, 0.6) is 0 Å². The molecule has 1 saturated heterocycles. The van der Waals surface area contributed by atoms with Crippen molar-refractivity contribution >= 4 is 27.5 Å². The standard InChI is InChI=1S/C24H21N3O/c1-26-21-10-6-5-9-18(21)23-20(16-25)22(27-11-13-28-14-12-27)15-19(24(23)26)17-7-3-2-4-8-17/h2-10,15H,11-14H2,1H3.